The summed E-state index contributed by atoms with van der Waals surface area (Å²) >= 11 is 11.9. The number of hydrogen-bond acceptors (Lipinski definition) is 3. The van der Waals surface area contributed by atoms with Crippen LogP contribution in [0.3, 0.4) is 0 Å². The first-order chi connectivity index (χ1) is 14.8. The average Bonchev–Trinajstić information content (AvgIpc) is 2.73. The van der Waals surface area contributed by atoms with Gasteiger partial charge in [-0.1, -0.05) is 36.2 Å². The molecule has 3 amide bonds. The van der Waals surface area contributed by atoms with Gasteiger partial charge in [0.15, 0.2) is 0 Å². The average molecular weight is 456 g/mol. The second-order valence-electron chi connectivity index (χ2n) is 6.63. The van der Waals surface area contributed by atoms with Gasteiger partial charge < -0.3 is 16.0 Å². The Kier molecular flexibility index (Phi) is 7.28. The summed E-state index contributed by atoms with van der Waals surface area (Å²) in [5.41, 5.74) is 2.40. The molecule has 158 valence electrons. The summed E-state index contributed by atoms with van der Waals surface area (Å²) < 4.78 is 0. The minimum absolute atomic E-state index is 0.110. The van der Waals surface area contributed by atoms with E-state index in [0.717, 1.165) is 0 Å². The van der Waals surface area contributed by atoms with Gasteiger partial charge in [0.1, 0.15) is 0 Å². The standard InChI is InChI=1S/C23H19Cl2N3O3/c1-2-21(29)26-19-4-3-5-20(13-19)28-22(30)14-6-8-18(9-7-14)27-23(31)15-10-16(24)12-17(25)11-15/h3-13H,2H2,1H3,(H,26,29)(H,27,31)(H,28,30). The van der Waals surface area contributed by atoms with E-state index in [-0.39, 0.29) is 17.7 Å². The van der Waals surface area contributed by atoms with Crippen LogP contribution in [0.5, 0.6) is 0 Å². The number of carbonyl (C=O) groups is 3. The zero-order chi connectivity index (χ0) is 22.4. The number of anilines is 3. The summed E-state index contributed by atoms with van der Waals surface area (Å²) in [5, 5.41) is 8.98. The maximum absolute atomic E-state index is 12.5. The third kappa shape index (κ3) is 6.31. The molecule has 0 spiro atoms. The van der Waals surface area contributed by atoms with E-state index in [2.05, 4.69) is 16.0 Å². The molecule has 3 aromatic rings. The van der Waals surface area contributed by atoms with Crippen LogP contribution >= 0.6 is 23.2 Å². The molecule has 0 heterocycles. The molecule has 0 saturated heterocycles. The summed E-state index contributed by atoms with van der Waals surface area (Å²) in [7, 11) is 0. The molecular formula is C23H19Cl2N3O3. The van der Waals surface area contributed by atoms with E-state index in [4.69, 9.17) is 23.2 Å². The highest BCUT2D eigenvalue weighted by molar-refractivity contribution is 6.35. The molecule has 0 aromatic heterocycles. The van der Waals surface area contributed by atoms with Crippen molar-refractivity contribution in [3.05, 3.63) is 87.9 Å². The topological polar surface area (TPSA) is 87.3 Å². The van der Waals surface area contributed by atoms with Crippen molar-refractivity contribution in [1.82, 2.24) is 0 Å². The Morgan fingerprint density at radius 2 is 1.23 bits per heavy atom. The van der Waals surface area contributed by atoms with E-state index in [0.29, 0.717) is 44.7 Å². The van der Waals surface area contributed by atoms with Gasteiger partial charge in [0, 0.05) is 44.7 Å². The molecule has 0 atom stereocenters. The van der Waals surface area contributed by atoms with Crippen LogP contribution in [0.4, 0.5) is 17.1 Å². The molecule has 0 saturated carbocycles. The number of benzene rings is 3. The fourth-order valence-corrected chi connectivity index (χ4v) is 3.25. The Hall–Kier alpha value is -3.35. The van der Waals surface area contributed by atoms with Crippen LogP contribution in [0, 0.1) is 0 Å². The van der Waals surface area contributed by atoms with Crippen LogP contribution in [0.25, 0.3) is 0 Å². The molecule has 0 unspecified atom stereocenters. The number of carbonyl (C=O) groups excluding carboxylic acids is 3. The first-order valence-electron chi connectivity index (χ1n) is 9.43. The van der Waals surface area contributed by atoms with E-state index in [1.54, 1.807) is 61.5 Å². The van der Waals surface area contributed by atoms with Crippen molar-refractivity contribution in [2.75, 3.05) is 16.0 Å². The summed E-state index contributed by atoms with van der Waals surface area (Å²) in [5.74, 6) is -0.799. The largest absolute Gasteiger partial charge is 0.326 e. The molecule has 6 nitrogen and oxygen atoms in total. The van der Waals surface area contributed by atoms with Gasteiger partial charge in [-0.15, -0.1) is 0 Å². The van der Waals surface area contributed by atoms with Crippen LogP contribution in [0.2, 0.25) is 10.0 Å². The maximum Gasteiger partial charge on any atom is 0.255 e. The quantitative estimate of drug-likeness (QED) is 0.435. The molecule has 3 aromatic carbocycles. The lowest BCUT2D eigenvalue weighted by Gasteiger charge is -2.10. The van der Waals surface area contributed by atoms with E-state index >= 15 is 0 Å². The minimum atomic E-state index is -0.368. The molecule has 3 rings (SSSR count). The summed E-state index contributed by atoms with van der Waals surface area (Å²) in [6, 6.07) is 17.9. The number of hydrogen-bond donors (Lipinski definition) is 3. The Morgan fingerprint density at radius 3 is 1.84 bits per heavy atom. The molecular weight excluding hydrogens is 437 g/mol. The summed E-state index contributed by atoms with van der Waals surface area (Å²) in [6.45, 7) is 1.76. The van der Waals surface area contributed by atoms with Crippen LogP contribution in [-0.2, 0) is 4.79 Å². The predicted octanol–water partition coefficient (Wildman–Crippen LogP) is 5.85. The van der Waals surface area contributed by atoms with Gasteiger partial charge in [0.25, 0.3) is 11.8 Å². The second-order valence-corrected chi connectivity index (χ2v) is 7.50. The molecule has 0 aliphatic carbocycles. The molecule has 0 aliphatic heterocycles. The van der Waals surface area contributed by atoms with Gasteiger partial charge in [-0.25, -0.2) is 0 Å². The van der Waals surface area contributed by atoms with Crippen LogP contribution in [-0.4, -0.2) is 17.7 Å². The first-order valence-corrected chi connectivity index (χ1v) is 10.2. The molecule has 8 heteroatoms. The third-order valence-corrected chi connectivity index (χ3v) is 4.69. The number of rotatable bonds is 6. The highest BCUT2D eigenvalue weighted by Gasteiger charge is 2.11. The van der Waals surface area contributed by atoms with Gasteiger partial charge in [-0.05, 0) is 60.7 Å². The van der Waals surface area contributed by atoms with Gasteiger partial charge in [0.2, 0.25) is 5.91 Å². The Morgan fingerprint density at radius 1 is 0.677 bits per heavy atom. The molecule has 31 heavy (non-hydrogen) atoms. The third-order valence-electron chi connectivity index (χ3n) is 4.26. The lowest BCUT2D eigenvalue weighted by atomic mass is 10.1. The molecule has 0 fully saturated rings. The van der Waals surface area contributed by atoms with Gasteiger partial charge in [-0.3, -0.25) is 14.4 Å². The van der Waals surface area contributed by atoms with Gasteiger partial charge in [0.05, 0.1) is 0 Å². The van der Waals surface area contributed by atoms with E-state index in [1.807, 2.05) is 0 Å². The van der Waals surface area contributed by atoms with Crippen LogP contribution < -0.4 is 16.0 Å². The normalized spacial score (nSPS) is 10.3. The lowest BCUT2D eigenvalue weighted by molar-refractivity contribution is -0.115. The smallest absolute Gasteiger partial charge is 0.255 e. The summed E-state index contributed by atoms with van der Waals surface area (Å²) in [6.07, 6.45) is 0.365. The van der Waals surface area contributed by atoms with Gasteiger partial charge >= 0.3 is 0 Å². The SMILES string of the molecule is CCC(=O)Nc1cccc(NC(=O)c2ccc(NC(=O)c3cc(Cl)cc(Cl)c3)cc2)c1. The van der Waals surface area contributed by atoms with Crippen molar-refractivity contribution in [2.45, 2.75) is 13.3 Å². The van der Waals surface area contributed by atoms with E-state index < -0.39 is 0 Å². The van der Waals surface area contributed by atoms with Crippen molar-refractivity contribution in [3.8, 4) is 0 Å². The van der Waals surface area contributed by atoms with E-state index in [1.165, 1.54) is 12.1 Å². The lowest BCUT2D eigenvalue weighted by Crippen LogP contribution is -2.14. The van der Waals surface area contributed by atoms with Crippen molar-refractivity contribution in [2.24, 2.45) is 0 Å². The fraction of sp³-hybridized carbons (Fsp3) is 0.0870. The first kappa shape index (κ1) is 22.3. The molecule has 0 radical (unpaired) electrons. The molecule has 0 aliphatic rings. The molecule has 0 bridgehead atoms. The predicted molar refractivity (Wildman–Crippen MR) is 124 cm³/mol. The minimum Gasteiger partial charge on any atom is -0.326 e. The van der Waals surface area contributed by atoms with Crippen molar-refractivity contribution in [1.29, 1.82) is 0 Å². The Bertz CT molecular complexity index is 1110. The van der Waals surface area contributed by atoms with Crippen molar-refractivity contribution in [3.63, 3.8) is 0 Å². The zero-order valence-electron chi connectivity index (χ0n) is 16.5. The summed E-state index contributed by atoms with van der Waals surface area (Å²) in [4.78, 5) is 36.4. The molecule has 3 N–H and O–H groups in total. The number of amides is 3. The van der Waals surface area contributed by atoms with Crippen molar-refractivity contribution >= 4 is 58.0 Å². The maximum atomic E-state index is 12.5. The van der Waals surface area contributed by atoms with Gasteiger partial charge in [-0.2, -0.15) is 0 Å². The van der Waals surface area contributed by atoms with Crippen LogP contribution in [0.15, 0.2) is 66.7 Å². The Balaban J connectivity index is 1.64. The number of nitrogens with one attached hydrogen (secondary N) is 3. The van der Waals surface area contributed by atoms with Crippen molar-refractivity contribution < 1.29 is 14.4 Å². The highest BCUT2D eigenvalue weighted by atomic mass is 35.5. The fourth-order valence-electron chi connectivity index (χ4n) is 2.72. The Labute approximate surface area is 189 Å². The highest BCUT2D eigenvalue weighted by Crippen LogP contribution is 2.21. The monoisotopic (exact) mass is 455 g/mol. The van der Waals surface area contributed by atoms with Crippen LogP contribution in [0.1, 0.15) is 34.1 Å². The second kappa shape index (κ2) is 10.1. The zero-order valence-corrected chi connectivity index (χ0v) is 18.1. The van der Waals surface area contributed by atoms with E-state index in [9.17, 15) is 14.4 Å². The number of halogens is 2.